The van der Waals surface area contributed by atoms with Crippen molar-refractivity contribution in [2.24, 2.45) is 0 Å². The van der Waals surface area contributed by atoms with Gasteiger partial charge < -0.3 is 20.1 Å². The summed E-state index contributed by atoms with van der Waals surface area (Å²) >= 11 is 1.24. The average molecular weight is 542 g/mol. The average Bonchev–Trinajstić information content (AvgIpc) is 3.15. The Labute approximate surface area is 216 Å². The minimum atomic E-state index is -3.97. The number of nitrogens with one attached hydrogen (secondary N) is 4. The molecule has 200 valence electrons. The Balaban J connectivity index is 2.14. The van der Waals surface area contributed by atoms with Crippen LogP contribution in [0.15, 0.2) is 23.1 Å². The third-order valence-corrected chi connectivity index (χ3v) is 7.24. The number of hydrogen-bond donors (Lipinski definition) is 4. The molecule has 0 saturated carbocycles. The Kier molecular flexibility index (Phi) is 10.5. The minimum absolute atomic E-state index is 0.0411. The van der Waals surface area contributed by atoms with Gasteiger partial charge in [0.1, 0.15) is 16.2 Å². The molecule has 3 amide bonds. The van der Waals surface area contributed by atoms with Crippen molar-refractivity contribution in [3.63, 3.8) is 0 Å². The fraction of sp³-hybridized carbons (Fsp3) is 0.522. The van der Waals surface area contributed by atoms with Crippen LogP contribution >= 0.6 is 11.3 Å². The molecule has 0 spiro atoms. The zero-order chi connectivity index (χ0) is 26.9. The van der Waals surface area contributed by atoms with Gasteiger partial charge in [-0.2, -0.15) is 0 Å². The maximum atomic E-state index is 13.0. The first-order valence-corrected chi connectivity index (χ1v) is 13.8. The van der Waals surface area contributed by atoms with Crippen molar-refractivity contribution in [3.05, 3.63) is 23.9 Å². The summed E-state index contributed by atoms with van der Waals surface area (Å²) in [4.78, 5) is 28.9. The van der Waals surface area contributed by atoms with Crippen LogP contribution in [0.5, 0.6) is 5.75 Å². The normalized spacial score (nSPS) is 11.6. The number of urea groups is 1. The van der Waals surface area contributed by atoms with Crippen LogP contribution in [-0.2, 0) is 14.8 Å². The Hall–Kier alpha value is -2.90. The number of hydrogen-bond acceptors (Lipinski definition) is 8. The molecule has 36 heavy (non-hydrogen) atoms. The number of methoxy groups -OCH3 is 1. The number of rotatable bonds is 11. The van der Waals surface area contributed by atoms with Crippen molar-refractivity contribution >= 4 is 38.6 Å². The van der Waals surface area contributed by atoms with Crippen molar-refractivity contribution in [2.75, 3.05) is 32.1 Å². The van der Waals surface area contributed by atoms with Crippen molar-refractivity contribution < 1.29 is 27.5 Å². The van der Waals surface area contributed by atoms with E-state index in [0.717, 1.165) is 12.8 Å². The lowest BCUT2D eigenvalue weighted by Gasteiger charge is -2.19. The SMILES string of the molecule is CCCCNC(=O)Nc1nc(C)c(-c2ccc(OC)c(S(=O)(=O)NCCNC(=O)OC(C)(C)C)c2)s1. The monoisotopic (exact) mass is 541 g/mol. The summed E-state index contributed by atoms with van der Waals surface area (Å²) in [5, 5.41) is 8.39. The molecule has 11 nitrogen and oxygen atoms in total. The van der Waals surface area contributed by atoms with Gasteiger partial charge in [-0.1, -0.05) is 24.7 Å². The minimum Gasteiger partial charge on any atom is -0.495 e. The van der Waals surface area contributed by atoms with Gasteiger partial charge in [0, 0.05) is 19.6 Å². The molecule has 0 unspecified atom stereocenters. The van der Waals surface area contributed by atoms with E-state index >= 15 is 0 Å². The second-order valence-electron chi connectivity index (χ2n) is 8.86. The topological polar surface area (TPSA) is 148 Å². The molecule has 0 fully saturated rings. The predicted octanol–water partition coefficient (Wildman–Crippen LogP) is 3.85. The summed E-state index contributed by atoms with van der Waals surface area (Å²) in [7, 11) is -2.58. The number of anilines is 1. The highest BCUT2D eigenvalue weighted by molar-refractivity contribution is 7.89. The van der Waals surface area contributed by atoms with Crippen molar-refractivity contribution in [1.82, 2.24) is 20.3 Å². The van der Waals surface area contributed by atoms with Gasteiger partial charge in [0.05, 0.1) is 17.7 Å². The second kappa shape index (κ2) is 12.9. The highest BCUT2D eigenvalue weighted by Gasteiger charge is 2.22. The molecule has 0 saturated heterocycles. The number of benzene rings is 1. The summed E-state index contributed by atoms with van der Waals surface area (Å²) in [5.74, 6) is 0.169. The van der Waals surface area contributed by atoms with E-state index in [4.69, 9.17) is 9.47 Å². The Bertz CT molecular complexity index is 1160. The summed E-state index contributed by atoms with van der Waals surface area (Å²) in [6.07, 6.45) is 1.22. The number of unbranched alkanes of at least 4 members (excludes halogenated alkanes) is 1. The molecule has 1 heterocycles. The quantitative estimate of drug-likeness (QED) is 0.316. The maximum absolute atomic E-state index is 13.0. The number of sulfonamides is 1. The summed E-state index contributed by atoms with van der Waals surface area (Å²) in [5.41, 5.74) is 0.602. The molecule has 0 aliphatic heterocycles. The first kappa shape index (κ1) is 29.3. The summed E-state index contributed by atoms with van der Waals surface area (Å²) in [6, 6.07) is 4.44. The van der Waals surface area contributed by atoms with Crippen molar-refractivity contribution in [1.29, 1.82) is 0 Å². The number of aryl methyl sites for hydroxylation is 1. The molecule has 1 aromatic carbocycles. The molecule has 0 aliphatic rings. The summed E-state index contributed by atoms with van der Waals surface area (Å²) < 4.78 is 38.9. The van der Waals surface area contributed by atoms with E-state index in [-0.39, 0.29) is 29.8 Å². The van der Waals surface area contributed by atoms with E-state index in [2.05, 4.69) is 25.7 Å². The van der Waals surface area contributed by atoms with Gasteiger partial charge in [-0.15, -0.1) is 0 Å². The van der Waals surface area contributed by atoms with Crippen molar-refractivity contribution in [2.45, 2.75) is 58.0 Å². The molecule has 0 bridgehead atoms. The van der Waals surface area contributed by atoms with Crippen LogP contribution in [0.2, 0.25) is 0 Å². The molecule has 0 radical (unpaired) electrons. The number of amides is 3. The standard InChI is InChI=1S/C23H35N5O6S2/c1-7-8-11-24-20(29)28-21-27-15(2)19(35-21)16-9-10-17(33-6)18(14-16)36(31,32)26-13-12-25-22(30)34-23(3,4)5/h9-10,14,26H,7-8,11-13H2,1-6H3,(H,25,30)(H2,24,27,28,29). The second-order valence-corrected chi connectivity index (χ2v) is 11.6. The smallest absolute Gasteiger partial charge is 0.407 e. The number of nitrogens with zero attached hydrogens (tertiary/aromatic N) is 1. The van der Waals surface area contributed by atoms with Gasteiger partial charge in [-0.3, -0.25) is 5.32 Å². The molecule has 4 N–H and O–H groups in total. The number of carbonyl (C=O) groups excluding carboxylic acids is 2. The van der Waals surface area contributed by atoms with Crippen LogP contribution in [0.4, 0.5) is 14.7 Å². The van der Waals surface area contributed by atoms with E-state index in [1.165, 1.54) is 24.5 Å². The number of alkyl carbamates (subject to hydrolysis) is 1. The van der Waals surface area contributed by atoms with Crippen LogP contribution in [0.1, 0.15) is 46.2 Å². The van der Waals surface area contributed by atoms with E-state index in [1.54, 1.807) is 39.8 Å². The molecular weight excluding hydrogens is 506 g/mol. The van der Waals surface area contributed by atoms with Crippen molar-refractivity contribution in [3.8, 4) is 16.2 Å². The maximum Gasteiger partial charge on any atom is 0.407 e. The third-order valence-electron chi connectivity index (χ3n) is 4.63. The largest absolute Gasteiger partial charge is 0.495 e. The molecule has 0 aliphatic carbocycles. The number of ether oxygens (including phenoxy) is 2. The molecular formula is C23H35N5O6S2. The number of carbonyl (C=O) groups is 2. The number of aromatic nitrogens is 1. The predicted molar refractivity (Wildman–Crippen MR) is 140 cm³/mol. The zero-order valence-electron chi connectivity index (χ0n) is 21.5. The molecule has 2 aromatic rings. The van der Waals surface area contributed by atoms with Gasteiger partial charge in [0.2, 0.25) is 10.0 Å². The first-order valence-electron chi connectivity index (χ1n) is 11.5. The Morgan fingerprint density at radius 3 is 2.47 bits per heavy atom. The summed E-state index contributed by atoms with van der Waals surface area (Å²) in [6.45, 7) is 9.60. The fourth-order valence-electron chi connectivity index (χ4n) is 3.01. The van der Waals surface area contributed by atoms with Gasteiger partial charge >= 0.3 is 12.1 Å². The highest BCUT2D eigenvalue weighted by atomic mass is 32.2. The molecule has 13 heteroatoms. The fourth-order valence-corrected chi connectivity index (χ4v) is 5.19. The van der Waals surface area contributed by atoms with Crippen LogP contribution in [0.25, 0.3) is 10.4 Å². The highest BCUT2D eigenvalue weighted by Crippen LogP contribution is 2.36. The Morgan fingerprint density at radius 1 is 1.11 bits per heavy atom. The van der Waals surface area contributed by atoms with Gasteiger partial charge in [0.25, 0.3) is 0 Å². The Morgan fingerprint density at radius 2 is 1.83 bits per heavy atom. The third kappa shape index (κ3) is 8.95. The van der Waals surface area contributed by atoms with E-state index < -0.39 is 21.7 Å². The van der Waals surface area contributed by atoms with E-state index in [1.807, 2.05) is 6.92 Å². The van der Waals surface area contributed by atoms with E-state index in [0.29, 0.717) is 27.8 Å². The zero-order valence-corrected chi connectivity index (χ0v) is 23.1. The first-order chi connectivity index (χ1) is 16.9. The van der Waals surface area contributed by atoms with Gasteiger partial charge in [-0.25, -0.2) is 27.7 Å². The van der Waals surface area contributed by atoms with Crippen LogP contribution in [0.3, 0.4) is 0 Å². The van der Waals surface area contributed by atoms with Crippen LogP contribution < -0.4 is 25.4 Å². The lowest BCUT2D eigenvalue weighted by molar-refractivity contribution is 0.0529. The van der Waals surface area contributed by atoms with Crippen LogP contribution in [0, 0.1) is 6.92 Å². The van der Waals surface area contributed by atoms with Gasteiger partial charge in [-0.05, 0) is 57.9 Å². The van der Waals surface area contributed by atoms with Gasteiger partial charge in [0.15, 0.2) is 5.13 Å². The lowest BCUT2D eigenvalue weighted by atomic mass is 10.1. The van der Waals surface area contributed by atoms with Crippen LogP contribution in [-0.4, -0.2) is 57.9 Å². The lowest BCUT2D eigenvalue weighted by Crippen LogP contribution is -2.37. The molecule has 2 rings (SSSR count). The molecule has 0 atom stereocenters. The van der Waals surface area contributed by atoms with E-state index in [9.17, 15) is 18.0 Å². The number of thiazole rings is 1. The molecule has 1 aromatic heterocycles.